The fourth-order valence-corrected chi connectivity index (χ4v) is 1.73. The molecule has 0 bridgehead atoms. The Morgan fingerprint density at radius 1 is 1.25 bits per heavy atom. The second-order valence-electron chi connectivity index (χ2n) is 2.78. The molecule has 0 rings (SSSR count). The van der Waals surface area contributed by atoms with Gasteiger partial charge in [0.05, 0.1) is 5.75 Å². The van der Waals surface area contributed by atoms with E-state index in [0.29, 0.717) is 6.42 Å². The minimum atomic E-state index is -2.77. The molecular weight excluding hydrogens is 242 g/mol. The molecule has 0 aromatic rings. The minimum Gasteiger partial charge on any atom is -0.317 e. The molecule has 0 amide bonds. The molecule has 0 aliphatic carbocycles. The van der Waals surface area contributed by atoms with Crippen LogP contribution in [-0.4, -0.2) is 38.8 Å². The first-order valence-corrected chi connectivity index (χ1v) is 7.19. The fourth-order valence-electron chi connectivity index (χ4n) is 0.776. The molecule has 1 N–H and O–H groups in total. The van der Waals surface area contributed by atoms with Crippen LogP contribution in [0.4, 0.5) is 0 Å². The number of sulfone groups is 1. The normalized spacial score (nSPS) is 11.8. The van der Waals surface area contributed by atoms with Crippen molar-refractivity contribution < 1.29 is 8.42 Å². The topological polar surface area (TPSA) is 46.2 Å². The highest BCUT2D eigenvalue weighted by Gasteiger charge is 1.99. The van der Waals surface area contributed by atoms with Gasteiger partial charge in [0.2, 0.25) is 0 Å². The van der Waals surface area contributed by atoms with Gasteiger partial charge in [0.15, 0.2) is 0 Å². The lowest BCUT2D eigenvalue weighted by atomic mass is 10.4. The molecule has 0 fully saturated rings. The third-order valence-corrected chi connectivity index (χ3v) is 2.95. The lowest BCUT2D eigenvalue weighted by Crippen LogP contribution is -2.19. The van der Waals surface area contributed by atoms with E-state index in [4.69, 9.17) is 0 Å². The van der Waals surface area contributed by atoms with Gasteiger partial charge in [-0.3, -0.25) is 0 Å². The van der Waals surface area contributed by atoms with Crippen molar-refractivity contribution in [3.63, 3.8) is 0 Å². The zero-order chi connectivity index (χ0) is 9.45. The quantitative estimate of drug-likeness (QED) is 0.542. The lowest BCUT2D eigenvalue weighted by Gasteiger charge is -2.01. The fraction of sp³-hybridized carbons (Fsp3) is 1.00. The molecule has 5 heteroatoms. The van der Waals surface area contributed by atoms with E-state index in [2.05, 4.69) is 21.2 Å². The Hall–Kier alpha value is 0.390. The van der Waals surface area contributed by atoms with E-state index in [1.165, 1.54) is 6.26 Å². The highest BCUT2D eigenvalue weighted by atomic mass is 79.9. The van der Waals surface area contributed by atoms with Gasteiger partial charge in [-0.15, -0.1) is 0 Å². The maximum atomic E-state index is 10.7. The molecule has 0 atom stereocenters. The predicted molar refractivity (Wildman–Crippen MR) is 55.6 cm³/mol. The van der Waals surface area contributed by atoms with Crippen LogP contribution < -0.4 is 5.32 Å². The van der Waals surface area contributed by atoms with Crippen LogP contribution in [0.15, 0.2) is 0 Å². The highest BCUT2D eigenvalue weighted by Crippen LogP contribution is 1.88. The monoisotopic (exact) mass is 257 g/mol. The van der Waals surface area contributed by atoms with Crippen molar-refractivity contribution in [3.8, 4) is 0 Å². The van der Waals surface area contributed by atoms with Gasteiger partial charge in [-0.25, -0.2) is 8.42 Å². The predicted octanol–water partition coefficient (Wildman–Crippen LogP) is 0.796. The van der Waals surface area contributed by atoms with Gasteiger partial charge in [0.1, 0.15) is 9.84 Å². The molecule has 0 aromatic carbocycles. The maximum Gasteiger partial charge on any atom is 0.147 e. The number of nitrogens with one attached hydrogen (secondary N) is 1. The first-order valence-electron chi connectivity index (χ1n) is 4.00. The number of hydrogen-bond acceptors (Lipinski definition) is 3. The molecule has 74 valence electrons. The van der Waals surface area contributed by atoms with Crippen LogP contribution in [0.25, 0.3) is 0 Å². The van der Waals surface area contributed by atoms with Crippen LogP contribution in [0.1, 0.15) is 12.8 Å². The Bertz CT molecular complexity index is 192. The minimum absolute atomic E-state index is 0.286. The molecule has 0 saturated carbocycles. The third kappa shape index (κ3) is 10.4. The standard InChI is InChI=1S/C7H16BrNO2S/c1-12(10,11)7-3-6-9-5-2-4-8/h9H,2-7H2,1H3. The second-order valence-corrected chi connectivity index (χ2v) is 5.83. The van der Waals surface area contributed by atoms with E-state index in [9.17, 15) is 8.42 Å². The van der Waals surface area contributed by atoms with Crippen molar-refractivity contribution in [2.24, 2.45) is 0 Å². The first kappa shape index (κ1) is 12.4. The van der Waals surface area contributed by atoms with Crippen LogP contribution >= 0.6 is 15.9 Å². The molecule has 0 aromatic heterocycles. The molecule has 12 heavy (non-hydrogen) atoms. The van der Waals surface area contributed by atoms with Gasteiger partial charge >= 0.3 is 0 Å². The zero-order valence-corrected chi connectivity index (χ0v) is 9.75. The Labute approximate surface area is 83.0 Å². The van der Waals surface area contributed by atoms with E-state index in [-0.39, 0.29) is 5.75 Å². The van der Waals surface area contributed by atoms with Gasteiger partial charge < -0.3 is 5.32 Å². The molecule has 0 saturated heterocycles. The van der Waals surface area contributed by atoms with E-state index < -0.39 is 9.84 Å². The maximum absolute atomic E-state index is 10.7. The summed E-state index contributed by atoms with van der Waals surface area (Å²) < 4.78 is 21.4. The van der Waals surface area contributed by atoms with Gasteiger partial charge in [0.25, 0.3) is 0 Å². The summed E-state index contributed by atoms with van der Waals surface area (Å²) in [5, 5.41) is 4.16. The summed E-state index contributed by atoms with van der Waals surface area (Å²) in [4.78, 5) is 0. The SMILES string of the molecule is CS(=O)(=O)CCCNCCCBr. The summed E-state index contributed by atoms with van der Waals surface area (Å²) in [7, 11) is -2.77. The summed E-state index contributed by atoms with van der Waals surface area (Å²) in [6.45, 7) is 1.75. The Balaban J connectivity index is 3.12. The van der Waals surface area contributed by atoms with Crippen molar-refractivity contribution in [1.82, 2.24) is 5.32 Å². The molecule has 0 unspecified atom stereocenters. The van der Waals surface area contributed by atoms with Crippen molar-refractivity contribution in [1.29, 1.82) is 0 Å². The Morgan fingerprint density at radius 2 is 1.83 bits per heavy atom. The summed E-state index contributed by atoms with van der Waals surface area (Å²) >= 11 is 3.31. The van der Waals surface area contributed by atoms with E-state index in [0.717, 1.165) is 24.8 Å². The third-order valence-electron chi connectivity index (χ3n) is 1.36. The van der Waals surface area contributed by atoms with Gasteiger partial charge in [-0.05, 0) is 25.9 Å². The Morgan fingerprint density at radius 3 is 2.33 bits per heavy atom. The van der Waals surface area contributed by atoms with Crippen LogP contribution in [0.2, 0.25) is 0 Å². The molecule has 0 radical (unpaired) electrons. The number of alkyl halides is 1. The number of halogens is 1. The lowest BCUT2D eigenvalue weighted by molar-refractivity contribution is 0.594. The van der Waals surface area contributed by atoms with Crippen molar-refractivity contribution >= 4 is 25.8 Å². The molecule has 0 aliphatic heterocycles. The average Bonchev–Trinajstić information content (AvgIpc) is 1.94. The first-order chi connectivity index (χ1) is 5.56. The number of rotatable bonds is 7. The summed E-state index contributed by atoms with van der Waals surface area (Å²) in [6, 6.07) is 0. The molecular formula is C7H16BrNO2S. The van der Waals surface area contributed by atoms with Gasteiger partial charge in [0, 0.05) is 11.6 Å². The van der Waals surface area contributed by atoms with Crippen LogP contribution in [0.5, 0.6) is 0 Å². The Kier molecular flexibility index (Phi) is 7.08. The second kappa shape index (κ2) is 6.86. The smallest absolute Gasteiger partial charge is 0.147 e. The van der Waals surface area contributed by atoms with E-state index in [1.807, 2.05) is 0 Å². The van der Waals surface area contributed by atoms with Crippen LogP contribution in [0, 0.1) is 0 Å². The van der Waals surface area contributed by atoms with Gasteiger partial charge in [-0.2, -0.15) is 0 Å². The average molecular weight is 258 g/mol. The molecule has 3 nitrogen and oxygen atoms in total. The summed E-state index contributed by atoms with van der Waals surface area (Å²) in [6.07, 6.45) is 3.06. The summed E-state index contributed by atoms with van der Waals surface area (Å²) in [5.41, 5.74) is 0. The zero-order valence-electron chi connectivity index (χ0n) is 7.35. The highest BCUT2D eigenvalue weighted by molar-refractivity contribution is 9.09. The van der Waals surface area contributed by atoms with Crippen molar-refractivity contribution in [3.05, 3.63) is 0 Å². The van der Waals surface area contributed by atoms with Crippen LogP contribution in [-0.2, 0) is 9.84 Å². The molecule has 0 spiro atoms. The largest absolute Gasteiger partial charge is 0.317 e. The molecule has 0 heterocycles. The molecule has 0 aliphatic rings. The van der Waals surface area contributed by atoms with E-state index >= 15 is 0 Å². The van der Waals surface area contributed by atoms with Crippen LogP contribution in [0.3, 0.4) is 0 Å². The van der Waals surface area contributed by atoms with Gasteiger partial charge in [-0.1, -0.05) is 15.9 Å². The summed E-state index contributed by atoms with van der Waals surface area (Å²) in [5.74, 6) is 0.286. The van der Waals surface area contributed by atoms with Crippen molar-refractivity contribution in [2.75, 3.05) is 30.4 Å². The van der Waals surface area contributed by atoms with Crippen molar-refractivity contribution in [2.45, 2.75) is 12.8 Å². The van der Waals surface area contributed by atoms with E-state index in [1.54, 1.807) is 0 Å². The number of hydrogen-bond donors (Lipinski definition) is 1.